The van der Waals surface area contributed by atoms with E-state index in [2.05, 4.69) is 46.6 Å². The first-order valence-electron chi connectivity index (χ1n) is 5.74. The van der Waals surface area contributed by atoms with Crippen molar-refractivity contribution >= 4 is 22.2 Å². The first kappa shape index (κ1) is 8.34. The Morgan fingerprint density at radius 2 is 2.06 bits per heavy atom. The summed E-state index contributed by atoms with van der Waals surface area (Å²) in [5.41, 5.74) is 5.33. The van der Waals surface area contributed by atoms with Crippen molar-refractivity contribution in [1.29, 1.82) is 0 Å². The maximum atomic E-state index is 4.48. The smallest absolute Gasteiger partial charge is 0.0460 e. The lowest BCUT2D eigenvalue weighted by atomic mass is 9.74. The van der Waals surface area contributed by atoms with Crippen molar-refractivity contribution in [2.24, 2.45) is 10.9 Å². The third-order valence-electron chi connectivity index (χ3n) is 3.69. The molecule has 3 aliphatic rings. The van der Waals surface area contributed by atoms with Crippen LogP contribution in [0.2, 0.25) is 0 Å². The van der Waals surface area contributed by atoms with Gasteiger partial charge in [0.1, 0.15) is 0 Å². The normalized spacial score (nSPS) is 19.2. The Labute approximate surface area is 93.7 Å². The highest BCUT2D eigenvalue weighted by molar-refractivity contribution is 6.02. The van der Waals surface area contributed by atoms with Crippen LogP contribution < -0.4 is 0 Å². The Hall–Kier alpha value is -1.83. The Morgan fingerprint density at radius 1 is 1.19 bits per heavy atom. The van der Waals surface area contributed by atoms with Gasteiger partial charge in [-0.1, -0.05) is 18.2 Å². The van der Waals surface area contributed by atoms with Crippen LogP contribution in [0.4, 0.5) is 0 Å². The summed E-state index contributed by atoms with van der Waals surface area (Å²) < 4.78 is 0. The van der Waals surface area contributed by atoms with Crippen molar-refractivity contribution in [3.63, 3.8) is 0 Å². The predicted molar refractivity (Wildman–Crippen MR) is 66.4 cm³/mol. The fraction of sp³-hybridized carbons (Fsp3) is 0.214. The molecule has 0 unspecified atom stereocenters. The van der Waals surface area contributed by atoms with Gasteiger partial charge in [-0.2, -0.15) is 0 Å². The zero-order chi connectivity index (χ0) is 10.5. The predicted octanol–water partition coefficient (Wildman–Crippen LogP) is 3.37. The Morgan fingerprint density at radius 3 is 2.88 bits per heavy atom. The lowest BCUT2D eigenvalue weighted by Gasteiger charge is -2.33. The molecule has 0 atom stereocenters. The monoisotopic (exact) mass is 208 g/mol. The number of benzene rings is 1. The van der Waals surface area contributed by atoms with Crippen LogP contribution in [0, 0.1) is 5.92 Å². The Kier molecular flexibility index (Phi) is 1.48. The van der Waals surface area contributed by atoms with Crippen LogP contribution in [0.15, 0.2) is 41.7 Å². The molecule has 2 bridgehead atoms. The summed E-state index contributed by atoms with van der Waals surface area (Å²) in [6.07, 6.45) is 6.52. The van der Waals surface area contributed by atoms with Crippen LogP contribution in [-0.4, -0.2) is 10.7 Å². The quantitative estimate of drug-likeness (QED) is 0.744. The van der Waals surface area contributed by atoms with Gasteiger partial charge in [-0.3, -0.25) is 4.99 Å². The first-order chi connectivity index (χ1) is 7.92. The van der Waals surface area contributed by atoms with Crippen LogP contribution >= 0.6 is 0 Å². The zero-order valence-corrected chi connectivity index (χ0v) is 8.90. The molecule has 0 saturated heterocycles. The van der Waals surface area contributed by atoms with Crippen LogP contribution in [0.25, 0.3) is 16.5 Å². The third-order valence-corrected chi connectivity index (χ3v) is 3.69. The number of aliphatic imine (C=N–C) groups is 1. The van der Waals surface area contributed by atoms with E-state index in [-0.39, 0.29) is 0 Å². The van der Waals surface area contributed by atoms with Crippen molar-refractivity contribution in [2.45, 2.75) is 12.8 Å². The number of nitrogens with one attached hydrogen (secondary N) is 1. The number of aromatic amines is 1. The second-order valence-electron chi connectivity index (χ2n) is 4.63. The zero-order valence-electron chi connectivity index (χ0n) is 8.90. The molecule has 1 saturated carbocycles. The number of hydrogen-bond donors (Lipinski definition) is 1. The molecular weight excluding hydrogens is 196 g/mol. The standard InChI is InChI=1S/C14H12N2/c1-2-4-14-11(3-1)13(8-16-14)12-7-15-10-5-9(12)6-10/h1-4,7-9,16H,5-6H2. The van der Waals surface area contributed by atoms with Crippen molar-refractivity contribution in [3.05, 3.63) is 42.2 Å². The fourth-order valence-electron chi connectivity index (χ4n) is 2.70. The third kappa shape index (κ3) is 0.990. The summed E-state index contributed by atoms with van der Waals surface area (Å²) in [5, 5.41) is 1.32. The number of para-hydroxylation sites is 1. The number of aromatic nitrogens is 1. The van der Waals surface area contributed by atoms with Crippen molar-refractivity contribution < 1.29 is 0 Å². The molecule has 2 heteroatoms. The lowest BCUT2D eigenvalue weighted by Crippen LogP contribution is -2.27. The van der Waals surface area contributed by atoms with E-state index in [1.807, 2.05) is 0 Å². The topological polar surface area (TPSA) is 28.1 Å². The highest BCUT2D eigenvalue weighted by Gasteiger charge is 2.32. The average molecular weight is 208 g/mol. The van der Waals surface area contributed by atoms with Crippen molar-refractivity contribution in [2.75, 3.05) is 0 Å². The molecule has 0 spiro atoms. The molecule has 1 N–H and O–H groups in total. The molecule has 1 aliphatic carbocycles. The van der Waals surface area contributed by atoms with E-state index in [9.17, 15) is 0 Å². The van der Waals surface area contributed by atoms with E-state index in [0.29, 0.717) is 5.92 Å². The van der Waals surface area contributed by atoms with E-state index < -0.39 is 0 Å². The molecule has 2 aliphatic heterocycles. The molecule has 0 amide bonds. The molecule has 78 valence electrons. The van der Waals surface area contributed by atoms with Gasteiger partial charge in [0.15, 0.2) is 0 Å². The number of nitrogens with zero attached hydrogens (tertiary/aromatic N) is 1. The molecule has 2 aromatic rings. The number of rotatable bonds is 1. The van der Waals surface area contributed by atoms with Gasteiger partial charge in [0, 0.05) is 34.6 Å². The fourth-order valence-corrected chi connectivity index (χ4v) is 2.70. The average Bonchev–Trinajstić information content (AvgIpc) is 2.71. The highest BCUT2D eigenvalue weighted by Crippen LogP contribution is 2.42. The van der Waals surface area contributed by atoms with Gasteiger partial charge in [0.25, 0.3) is 0 Å². The molecule has 5 rings (SSSR count). The molecule has 3 heterocycles. The van der Waals surface area contributed by atoms with E-state index in [0.717, 1.165) is 0 Å². The van der Waals surface area contributed by atoms with Crippen molar-refractivity contribution in [3.8, 4) is 0 Å². The van der Waals surface area contributed by atoms with Crippen LogP contribution in [-0.2, 0) is 0 Å². The minimum Gasteiger partial charge on any atom is -0.361 e. The highest BCUT2D eigenvalue weighted by atomic mass is 14.8. The number of fused-ring (bicyclic) bond motifs is 2. The number of allylic oxidation sites excluding steroid dienone is 1. The molecule has 2 nitrogen and oxygen atoms in total. The summed E-state index contributed by atoms with van der Waals surface area (Å²) >= 11 is 0. The van der Waals surface area contributed by atoms with Gasteiger partial charge in [-0.25, -0.2) is 0 Å². The van der Waals surface area contributed by atoms with Gasteiger partial charge >= 0.3 is 0 Å². The minimum absolute atomic E-state index is 0.715. The molecular formula is C14H12N2. The second kappa shape index (κ2) is 2.85. The van der Waals surface area contributed by atoms with Gasteiger partial charge in [-0.15, -0.1) is 0 Å². The molecule has 16 heavy (non-hydrogen) atoms. The lowest BCUT2D eigenvalue weighted by molar-refractivity contribution is 0.628. The molecule has 0 radical (unpaired) electrons. The number of hydrogen-bond acceptors (Lipinski definition) is 1. The molecule has 1 fully saturated rings. The van der Waals surface area contributed by atoms with Gasteiger partial charge in [-0.05, 0) is 30.4 Å². The molecule has 1 aromatic heterocycles. The van der Waals surface area contributed by atoms with E-state index in [4.69, 9.17) is 0 Å². The van der Waals surface area contributed by atoms with Crippen LogP contribution in [0.5, 0.6) is 0 Å². The molecule has 1 aromatic carbocycles. The summed E-state index contributed by atoms with van der Waals surface area (Å²) in [5.74, 6) is 0.715. The maximum absolute atomic E-state index is 4.48. The van der Waals surface area contributed by atoms with E-state index in [1.54, 1.807) is 0 Å². The first-order valence-corrected chi connectivity index (χ1v) is 5.74. The summed E-state index contributed by atoms with van der Waals surface area (Å²) in [6.45, 7) is 0. The maximum Gasteiger partial charge on any atom is 0.0460 e. The SMILES string of the molecule is C1=C(c2c[nH]c3ccccc23)C2CC(=N1)C2. The Balaban J connectivity index is 1.94. The van der Waals surface area contributed by atoms with Crippen molar-refractivity contribution in [1.82, 2.24) is 4.98 Å². The Bertz CT molecular complexity index is 623. The summed E-state index contributed by atoms with van der Waals surface area (Å²) in [7, 11) is 0. The van der Waals surface area contributed by atoms with E-state index in [1.165, 1.54) is 40.6 Å². The van der Waals surface area contributed by atoms with Gasteiger partial charge in [0.05, 0.1) is 0 Å². The largest absolute Gasteiger partial charge is 0.361 e. The van der Waals surface area contributed by atoms with E-state index >= 15 is 0 Å². The van der Waals surface area contributed by atoms with Crippen LogP contribution in [0.1, 0.15) is 18.4 Å². The second-order valence-corrected chi connectivity index (χ2v) is 4.63. The van der Waals surface area contributed by atoms with Crippen LogP contribution in [0.3, 0.4) is 0 Å². The minimum atomic E-state index is 0.715. The van der Waals surface area contributed by atoms with Gasteiger partial charge < -0.3 is 4.98 Å². The summed E-state index contributed by atoms with van der Waals surface area (Å²) in [6, 6.07) is 8.47. The summed E-state index contributed by atoms with van der Waals surface area (Å²) in [4.78, 5) is 7.81. The number of H-pyrrole nitrogens is 1. The van der Waals surface area contributed by atoms with Gasteiger partial charge in [0.2, 0.25) is 0 Å².